The number of benzene rings is 1. The van der Waals surface area contributed by atoms with Crippen molar-refractivity contribution in [3.05, 3.63) is 30.3 Å². The van der Waals surface area contributed by atoms with Crippen LogP contribution in [0.4, 0.5) is 5.69 Å². The fraction of sp³-hybridized carbons (Fsp3) is 0.562. The van der Waals surface area contributed by atoms with Gasteiger partial charge in [0, 0.05) is 11.1 Å². The molecule has 1 aromatic rings. The van der Waals surface area contributed by atoms with Crippen molar-refractivity contribution in [2.75, 3.05) is 4.72 Å². The number of sulfonamides is 1. The first-order chi connectivity index (χ1) is 9.70. The molecule has 0 unspecified atom stereocenters. The van der Waals surface area contributed by atoms with Gasteiger partial charge in [-0.2, -0.15) is 0 Å². The molecule has 0 aliphatic heterocycles. The number of para-hydroxylation sites is 1. The molecule has 2 saturated carbocycles. The first kappa shape index (κ1) is 14.6. The van der Waals surface area contributed by atoms with E-state index in [2.05, 4.69) is 4.72 Å². The molecule has 2 aliphatic carbocycles. The van der Waals surface area contributed by atoms with E-state index in [9.17, 15) is 13.2 Å². The van der Waals surface area contributed by atoms with E-state index in [0.29, 0.717) is 5.69 Å². The van der Waals surface area contributed by atoms with Crippen molar-refractivity contribution in [2.24, 2.45) is 16.7 Å². The highest BCUT2D eigenvalue weighted by atomic mass is 32.2. The minimum atomic E-state index is -3.70. The SMILES string of the molecule is CC1(C)[C@@H]2CC[C@@]1(C)C(=O)[C@@H]2S(=O)(=O)Nc1ccccc1. The molecule has 4 nitrogen and oxygen atoms in total. The van der Waals surface area contributed by atoms with E-state index < -0.39 is 20.7 Å². The largest absolute Gasteiger partial charge is 0.298 e. The number of ketones is 1. The zero-order chi connectivity index (χ0) is 15.5. The van der Waals surface area contributed by atoms with E-state index in [0.717, 1.165) is 12.8 Å². The maximum atomic E-state index is 12.7. The van der Waals surface area contributed by atoms with Gasteiger partial charge in [0.05, 0.1) is 0 Å². The van der Waals surface area contributed by atoms with Crippen molar-refractivity contribution < 1.29 is 13.2 Å². The molecular formula is C16H21NO3S. The van der Waals surface area contributed by atoms with Gasteiger partial charge in [-0.3, -0.25) is 9.52 Å². The van der Waals surface area contributed by atoms with Gasteiger partial charge in [0.2, 0.25) is 10.0 Å². The second-order valence-corrected chi connectivity index (χ2v) is 8.80. The molecule has 0 spiro atoms. The van der Waals surface area contributed by atoms with Crippen LogP contribution in [0.2, 0.25) is 0 Å². The zero-order valence-corrected chi connectivity index (χ0v) is 13.4. The fourth-order valence-corrected chi connectivity index (χ4v) is 6.14. The van der Waals surface area contributed by atoms with E-state index in [1.54, 1.807) is 24.3 Å². The molecule has 5 heteroatoms. The summed E-state index contributed by atoms with van der Waals surface area (Å²) in [6, 6.07) is 8.76. The first-order valence-corrected chi connectivity index (χ1v) is 8.86. The lowest BCUT2D eigenvalue weighted by Crippen LogP contribution is -2.41. The van der Waals surface area contributed by atoms with Crippen molar-refractivity contribution in [2.45, 2.75) is 38.9 Å². The molecule has 114 valence electrons. The zero-order valence-electron chi connectivity index (χ0n) is 12.6. The van der Waals surface area contributed by atoms with Crippen molar-refractivity contribution in [3.8, 4) is 0 Å². The lowest BCUT2D eigenvalue weighted by atomic mass is 9.70. The second-order valence-electron chi connectivity index (χ2n) is 7.00. The fourth-order valence-electron chi connectivity index (χ4n) is 4.09. The number of carbonyl (C=O) groups is 1. The summed E-state index contributed by atoms with van der Waals surface area (Å²) in [6.45, 7) is 5.98. The number of Topliss-reactive ketones (excluding diaryl/α,β-unsaturated/α-hetero) is 1. The molecule has 2 fully saturated rings. The summed E-state index contributed by atoms with van der Waals surface area (Å²) in [6.07, 6.45) is 1.59. The maximum absolute atomic E-state index is 12.7. The lowest BCUT2D eigenvalue weighted by Gasteiger charge is -2.32. The van der Waals surface area contributed by atoms with Crippen LogP contribution in [0.5, 0.6) is 0 Å². The van der Waals surface area contributed by atoms with Crippen LogP contribution >= 0.6 is 0 Å². The Bertz CT molecular complexity index is 681. The number of hydrogen-bond donors (Lipinski definition) is 1. The Morgan fingerprint density at radius 1 is 1.14 bits per heavy atom. The predicted molar refractivity (Wildman–Crippen MR) is 82.4 cm³/mol. The molecule has 21 heavy (non-hydrogen) atoms. The van der Waals surface area contributed by atoms with E-state index in [1.165, 1.54) is 0 Å². The summed E-state index contributed by atoms with van der Waals surface area (Å²) < 4.78 is 28.0. The topological polar surface area (TPSA) is 63.2 Å². The van der Waals surface area contributed by atoms with Crippen LogP contribution in [-0.4, -0.2) is 19.5 Å². The molecule has 1 aromatic carbocycles. The summed E-state index contributed by atoms with van der Waals surface area (Å²) in [5.41, 5.74) is -0.274. The molecule has 3 atom stereocenters. The minimum absolute atomic E-state index is 0.101. The number of carbonyl (C=O) groups excluding carboxylic acids is 1. The summed E-state index contributed by atoms with van der Waals surface area (Å²) in [5.74, 6) is -0.219. The molecule has 2 bridgehead atoms. The first-order valence-electron chi connectivity index (χ1n) is 7.31. The Morgan fingerprint density at radius 3 is 2.29 bits per heavy atom. The monoisotopic (exact) mass is 307 g/mol. The van der Waals surface area contributed by atoms with Gasteiger partial charge in [-0.1, -0.05) is 39.0 Å². The van der Waals surface area contributed by atoms with Gasteiger partial charge in [-0.25, -0.2) is 8.42 Å². The highest BCUT2D eigenvalue weighted by Gasteiger charge is 2.69. The predicted octanol–water partition coefficient (Wildman–Crippen LogP) is 2.82. The van der Waals surface area contributed by atoms with Crippen LogP contribution in [0, 0.1) is 16.7 Å². The van der Waals surface area contributed by atoms with Gasteiger partial charge in [-0.05, 0) is 36.3 Å². The Labute approximate surface area is 126 Å². The Hall–Kier alpha value is -1.36. The Kier molecular flexibility index (Phi) is 3.00. The van der Waals surface area contributed by atoms with E-state index in [-0.39, 0.29) is 17.1 Å². The van der Waals surface area contributed by atoms with Crippen LogP contribution in [0.1, 0.15) is 33.6 Å². The van der Waals surface area contributed by atoms with Crippen molar-refractivity contribution in [1.29, 1.82) is 0 Å². The molecule has 0 amide bonds. The van der Waals surface area contributed by atoms with Gasteiger partial charge in [0.15, 0.2) is 5.78 Å². The molecule has 0 radical (unpaired) electrons. The summed E-state index contributed by atoms with van der Waals surface area (Å²) >= 11 is 0. The number of nitrogens with one attached hydrogen (secondary N) is 1. The quantitative estimate of drug-likeness (QED) is 0.934. The van der Waals surface area contributed by atoms with Crippen LogP contribution < -0.4 is 4.72 Å². The molecule has 2 aliphatic rings. The standard InChI is InChI=1S/C16H21NO3S/c1-15(2)12-9-10-16(15,3)14(18)13(12)21(19,20)17-11-7-5-4-6-8-11/h4-8,12-13,17H,9-10H2,1-3H3/t12-,13-,16+/m1/s1. The smallest absolute Gasteiger partial charge is 0.243 e. The third-order valence-corrected chi connectivity index (χ3v) is 7.57. The minimum Gasteiger partial charge on any atom is -0.298 e. The third-order valence-electron chi connectivity index (χ3n) is 5.84. The van der Waals surface area contributed by atoms with Crippen LogP contribution in [0.15, 0.2) is 30.3 Å². The van der Waals surface area contributed by atoms with Crippen molar-refractivity contribution in [3.63, 3.8) is 0 Å². The molecule has 3 rings (SSSR count). The van der Waals surface area contributed by atoms with Crippen LogP contribution in [0.25, 0.3) is 0 Å². The van der Waals surface area contributed by atoms with Crippen molar-refractivity contribution >= 4 is 21.5 Å². The van der Waals surface area contributed by atoms with Gasteiger partial charge in [-0.15, -0.1) is 0 Å². The molecule has 0 aromatic heterocycles. The summed E-state index contributed by atoms with van der Waals surface area (Å²) in [5, 5.41) is -0.925. The van der Waals surface area contributed by atoms with Crippen molar-refractivity contribution in [1.82, 2.24) is 0 Å². The van der Waals surface area contributed by atoms with Crippen LogP contribution in [-0.2, 0) is 14.8 Å². The highest BCUT2D eigenvalue weighted by molar-refractivity contribution is 7.94. The summed E-state index contributed by atoms with van der Waals surface area (Å²) in [7, 11) is -3.70. The van der Waals surface area contributed by atoms with E-state index >= 15 is 0 Å². The van der Waals surface area contributed by atoms with Crippen LogP contribution in [0.3, 0.4) is 0 Å². The number of rotatable bonds is 3. The number of anilines is 1. The van der Waals surface area contributed by atoms with Gasteiger partial charge in [0.1, 0.15) is 5.25 Å². The molecule has 0 saturated heterocycles. The van der Waals surface area contributed by atoms with Gasteiger partial charge >= 0.3 is 0 Å². The maximum Gasteiger partial charge on any atom is 0.243 e. The normalized spacial score (nSPS) is 34.1. The lowest BCUT2D eigenvalue weighted by molar-refractivity contribution is -0.127. The van der Waals surface area contributed by atoms with Gasteiger partial charge < -0.3 is 0 Å². The van der Waals surface area contributed by atoms with Gasteiger partial charge in [0.25, 0.3) is 0 Å². The Balaban J connectivity index is 1.96. The number of hydrogen-bond acceptors (Lipinski definition) is 3. The van der Waals surface area contributed by atoms with E-state index in [4.69, 9.17) is 0 Å². The molecule has 1 N–H and O–H groups in total. The third kappa shape index (κ3) is 1.86. The average molecular weight is 307 g/mol. The molecule has 0 heterocycles. The van der Waals surface area contributed by atoms with E-state index in [1.807, 2.05) is 26.8 Å². The Morgan fingerprint density at radius 2 is 1.76 bits per heavy atom. The highest BCUT2D eigenvalue weighted by Crippen LogP contribution is 2.64. The molecular weight excluding hydrogens is 286 g/mol. The summed E-state index contributed by atoms with van der Waals surface area (Å²) in [4.78, 5) is 12.7. The number of fused-ring (bicyclic) bond motifs is 2. The average Bonchev–Trinajstić information content (AvgIpc) is 2.71. The second kappa shape index (κ2) is 4.32.